The van der Waals surface area contributed by atoms with Gasteiger partial charge in [0.15, 0.2) is 17.3 Å². The lowest BCUT2D eigenvalue weighted by molar-refractivity contribution is 0.154. The first-order valence-electron chi connectivity index (χ1n) is 11.8. The summed E-state index contributed by atoms with van der Waals surface area (Å²) < 4.78 is 54.8. The Balaban J connectivity index is 1.56. The maximum absolute atomic E-state index is 13.6. The summed E-state index contributed by atoms with van der Waals surface area (Å²) in [6.45, 7) is -0.0416. The number of para-hydroxylation sites is 1. The number of hydrogen-bond donors (Lipinski definition) is 3. The molecular formula is C24H23FN8O6S. The van der Waals surface area contributed by atoms with Gasteiger partial charge in [-0.15, -0.1) is 10.2 Å². The Morgan fingerprint density at radius 2 is 1.93 bits per heavy atom. The second kappa shape index (κ2) is 10.8. The summed E-state index contributed by atoms with van der Waals surface area (Å²) in [5.41, 5.74) is 5.65. The first-order valence-corrected chi connectivity index (χ1v) is 13.3. The summed E-state index contributed by atoms with van der Waals surface area (Å²) in [6, 6.07) is 4.49. The van der Waals surface area contributed by atoms with Gasteiger partial charge in [0.2, 0.25) is 27.8 Å². The summed E-state index contributed by atoms with van der Waals surface area (Å²) in [7, 11) is -1.46. The third-order valence-corrected chi connectivity index (χ3v) is 7.75. The standard InChI is InChI=1S/C24H23FN8O6S/c1-38-19-7-4-6-18(35)21(19)33-22(17-5-3-8-20(28-17)39-2)29-30-24(33)31-40(36,37)16-9-15(34)12-32(13-16)23-26-10-14(25)11-27-23/h4,6-8,10-11,15-16,34-35H,9,12-13H2,1-2H3,(H,30,31)/t15-,16-/m0/s1. The molecule has 2 aliphatic heterocycles. The molecule has 0 saturated carbocycles. The molecule has 3 aromatic rings. The predicted molar refractivity (Wildman–Crippen MR) is 140 cm³/mol. The number of sulfonamides is 1. The molecular weight excluding hydrogens is 547 g/mol. The quantitative estimate of drug-likeness (QED) is 0.345. The van der Waals surface area contributed by atoms with Crippen LogP contribution in [0.25, 0.3) is 11.4 Å². The second-order valence-electron chi connectivity index (χ2n) is 8.69. The molecule has 1 aromatic carbocycles. The predicted octanol–water partition coefficient (Wildman–Crippen LogP) is 1.00. The van der Waals surface area contributed by atoms with Gasteiger partial charge in [0.25, 0.3) is 0 Å². The Morgan fingerprint density at radius 1 is 1.15 bits per heavy atom. The molecule has 0 amide bonds. The fourth-order valence-electron chi connectivity index (χ4n) is 4.26. The number of aromatic hydroxyl groups is 1. The fourth-order valence-corrected chi connectivity index (χ4v) is 5.66. The molecule has 14 nitrogen and oxygen atoms in total. The third kappa shape index (κ3) is 5.24. The Hall–Kier alpha value is -4.75. The number of nitrogens with one attached hydrogen (secondary N) is 1. The zero-order valence-electron chi connectivity index (χ0n) is 21.2. The van der Waals surface area contributed by atoms with Crippen LogP contribution in [-0.4, -0.2) is 87.9 Å². The van der Waals surface area contributed by atoms with E-state index in [-0.39, 0.29) is 66.0 Å². The smallest absolute Gasteiger partial charge is 0.243 e. The number of piperidine rings is 1. The highest BCUT2D eigenvalue weighted by atomic mass is 32.2. The molecule has 16 heteroatoms. The summed E-state index contributed by atoms with van der Waals surface area (Å²) in [5, 5.41) is 28.2. The highest BCUT2D eigenvalue weighted by molar-refractivity contribution is 7.93. The fraction of sp³-hybridized carbons (Fsp3) is 0.292. The average Bonchev–Trinajstić information content (AvgIpc) is 3.35. The largest absolute Gasteiger partial charge is 0.506 e. The van der Waals surface area contributed by atoms with E-state index in [4.69, 9.17) is 9.47 Å². The molecule has 1 fully saturated rings. The lowest BCUT2D eigenvalue weighted by atomic mass is 10.1. The third-order valence-electron chi connectivity index (χ3n) is 6.07. The van der Waals surface area contributed by atoms with Gasteiger partial charge in [0.05, 0.1) is 38.8 Å². The monoisotopic (exact) mass is 570 g/mol. The Labute approximate surface area is 227 Å². The number of anilines is 2. The van der Waals surface area contributed by atoms with E-state index in [1.807, 2.05) is 0 Å². The van der Waals surface area contributed by atoms with Crippen LogP contribution in [0.15, 0.2) is 53.1 Å². The van der Waals surface area contributed by atoms with Gasteiger partial charge in [0, 0.05) is 13.1 Å². The van der Waals surface area contributed by atoms with Crippen molar-refractivity contribution in [1.82, 2.24) is 24.7 Å². The summed E-state index contributed by atoms with van der Waals surface area (Å²) >= 11 is 0. The van der Waals surface area contributed by atoms with E-state index in [9.17, 15) is 23.0 Å². The number of aliphatic hydroxyl groups excluding tert-OH is 1. The highest BCUT2D eigenvalue weighted by Gasteiger charge is 2.37. The van der Waals surface area contributed by atoms with Crippen molar-refractivity contribution in [3.05, 3.63) is 59.8 Å². The molecule has 0 bridgehead atoms. The molecule has 3 N–H and O–H groups in total. The van der Waals surface area contributed by atoms with Crippen LogP contribution < -0.4 is 14.4 Å². The number of aliphatic hydroxyl groups is 1. The van der Waals surface area contributed by atoms with Crippen molar-refractivity contribution in [2.24, 2.45) is 4.99 Å². The van der Waals surface area contributed by atoms with Crippen LogP contribution in [0.5, 0.6) is 11.5 Å². The number of nitrogens with zero attached hydrogens (tertiary/aromatic N) is 7. The van der Waals surface area contributed by atoms with E-state index in [0.717, 1.165) is 12.4 Å². The number of methoxy groups -OCH3 is 2. The van der Waals surface area contributed by atoms with Crippen molar-refractivity contribution < 1.29 is 32.5 Å². The molecule has 2 aliphatic rings. The number of ether oxygens (including phenoxy) is 2. The SMILES string of the molecule is COC1=NC(c2nnc(NS(=O)(=O)[C@H]3C[C@H](O)CN(c4ncc(F)cn4)C3)n2-c2c(O)cccc2OC)=C=C=C1. The number of aliphatic imine (C=N–C) groups is 1. The van der Waals surface area contributed by atoms with Crippen LogP contribution in [0.2, 0.25) is 0 Å². The van der Waals surface area contributed by atoms with E-state index >= 15 is 0 Å². The Morgan fingerprint density at radius 3 is 2.65 bits per heavy atom. The van der Waals surface area contributed by atoms with Gasteiger partial charge >= 0.3 is 0 Å². The van der Waals surface area contributed by atoms with Crippen molar-refractivity contribution in [2.75, 3.05) is 36.9 Å². The number of aromatic nitrogens is 5. The van der Waals surface area contributed by atoms with Crippen molar-refractivity contribution >= 4 is 33.5 Å². The van der Waals surface area contributed by atoms with Gasteiger partial charge in [-0.05, 0) is 24.3 Å². The van der Waals surface area contributed by atoms with Gasteiger partial charge in [-0.25, -0.2) is 27.8 Å². The first-order chi connectivity index (χ1) is 19.2. The van der Waals surface area contributed by atoms with Crippen LogP contribution in [0.4, 0.5) is 16.3 Å². The number of rotatable bonds is 7. The van der Waals surface area contributed by atoms with Crippen LogP contribution in [0.3, 0.4) is 0 Å². The summed E-state index contributed by atoms with van der Waals surface area (Å²) in [4.78, 5) is 13.5. The van der Waals surface area contributed by atoms with Crippen molar-refractivity contribution in [1.29, 1.82) is 0 Å². The lowest BCUT2D eigenvalue weighted by Gasteiger charge is -2.35. The normalized spacial score (nSPS) is 18.8. The number of phenols is 1. The molecule has 40 heavy (non-hydrogen) atoms. The minimum atomic E-state index is -4.25. The molecule has 0 aliphatic carbocycles. The zero-order valence-corrected chi connectivity index (χ0v) is 22.0. The van der Waals surface area contributed by atoms with Crippen LogP contribution >= 0.6 is 0 Å². The Bertz CT molecular complexity index is 1680. The minimum Gasteiger partial charge on any atom is -0.506 e. The van der Waals surface area contributed by atoms with E-state index in [2.05, 4.69) is 41.3 Å². The average molecular weight is 571 g/mol. The number of benzene rings is 1. The van der Waals surface area contributed by atoms with E-state index in [1.165, 1.54) is 35.8 Å². The summed E-state index contributed by atoms with van der Waals surface area (Å²) in [6.07, 6.45) is 2.21. The molecule has 5 rings (SSSR count). The van der Waals surface area contributed by atoms with Gasteiger partial charge in [-0.1, -0.05) is 11.8 Å². The summed E-state index contributed by atoms with van der Waals surface area (Å²) in [5.74, 6) is -0.770. The number of hydrogen-bond acceptors (Lipinski definition) is 12. The molecule has 0 radical (unpaired) electrons. The van der Waals surface area contributed by atoms with Crippen LogP contribution in [-0.2, 0) is 14.8 Å². The van der Waals surface area contributed by atoms with Gasteiger partial charge in [-0.2, -0.15) is 0 Å². The van der Waals surface area contributed by atoms with E-state index < -0.39 is 27.2 Å². The maximum Gasteiger partial charge on any atom is 0.243 e. The number of halogens is 1. The zero-order chi connectivity index (χ0) is 28.4. The van der Waals surface area contributed by atoms with Crippen molar-refractivity contribution in [2.45, 2.75) is 17.8 Å². The minimum absolute atomic E-state index is 0.00216. The second-order valence-corrected chi connectivity index (χ2v) is 10.7. The van der Waals surface area contributed by atoms with Gasteiger partial charge in [0.1, 0.15) is 22.4 Å². The van der Waals surface area contributed by atoms with Gasteiger partial charge < -0.3 is 24.6 Å². The van der Waals surface area contributed by atoms with E-state index in [1.54, 1.807) is 12.1 Å². The maximum atomic E-state index is 13.6. The van der Waals surface area contributed by atoms with Crippen molar-refractivity contribution in [3.8, 4) is 17.2 Å². The molecule has 208 valence electrons. The number of phenolic OH excluding ortho intramolecular Hbond substituents is 1. The van der Waals surface area contributed by atoms with Gasteiger partial charge in [-0.3, -0.25) is 9.29 Å². The number of β-amino-alcohol motifs (C(OH)–C–C–N with tert-alkyl or cyclic N) is 1. The molecule has 0 unspecified atom stereocenters. The van der Waals surface area contributed by atoms with Crippen LogP contribution in [0, 0.1) is 5.82 Å². The molecule has 2 aromatic heterocycles. The molecule has 1 saturated heterocycles. The molecule has 2 atom stereocenters. The lowest BCUT2D eigenvalue weighted by Crippen LogP contribution is -2.50. The van der Waals surface area contributed by atoms with Crippen LogP contribution in [0.1, 0.15) is 12.2 Å². The molecule has 4 heterocycles. The molecule has 0 spiro atoms. The first kappa shape index (κ1) is 26.8. The topological polar surface area (TPSA) is 177 Å². The van der Waals surface area contributed by atoms with E-state index in [0.29, 0.717) is 0 Å². The highest BCUT2D eigenvalue weighted by Crippen LogP contribution is 2.36. The van der Waals surface area contributed by atoms with Crippen molar-refractivity contribution in [3.63, 3.8) is 0 Å². The Kier molecular flexibility index (Phi) is 7.24.